The quantitative estimate of drug-likeness (QED) is 0.858. The number of hydrogen-bond acceptors (Lipinski definition) is 3. The van der Waals surface area contributed by atoms with Crippen molar-refractivity contribution < 1.29 is 14.3 Å². The molecule has 5 nitrogen and oxygen atoms in total. The van der Waals surface area contributed by atoms with E-state index in [9.17, 15) is 14.3 Å². The van der Waals surface area contributed by atoms with Crippen LogP contribution in [0.4, 0.5) is 4.39 Å². The van der Waals surface area contributed by atoms with E-state index in [2.05, 4.69) is 10.4 Å². The van der Waals surface area contributed by atoms with Crippen LogP contribution in [0.25, 0.3) is 0 Å². The number of hydrogen-bond donors (Lipinski definition) is 2. The monoisotopic (exact) mass is 249 g/mol. The van der Waals surface area contributed by atoms with Crippen molar-refractivity contribution in [3.8, 4) is 5.75 Å². The zero-order valence-electron chi connectivity index (χ0n) is 9.72. The number of aromatic nitrogens is 2. The average molecular weight is 249 g/mol. The molecule has 6 heteroatoms. The first kappa shape index (κ1) is 12.1. The second-order valence-corrected chi connectivity index (χ2v) is 3.80. The Labute approximate surface area is 103 Å². The molecular formula is C12H12FN3O2. The highest BCUT2D eigenvalue weighted by molar-refractivity contribution is 5.96. The molecule has 2 aromatic rings. The molecule has 0 spiro atoms. The van der Waals surface area contributed by atoms with Gasteiger partial charge in [-0.15, -0.1) is 0 Å². The van der Waals surface area contributed by atoms with Crippen molar-refractivity contribution in [1.29, 1.82) is 0 Å². The number of phenols is 1. The lowest BCUT2D eigenvalue weighted by atomic mass is 10.1. The molecule has 0 saturated carbocycles. The third-order valence-corrected chi connectivity index (χ3v) is 2.42. The lowest BCUT2D eigenvalue weighted by molar-refractivity contribution is 0.0943. The van der Waals surface area contributed by atoms with Gasteiger partial charge in [0.1, 0.15) is 17.1 Å². The van der Waals surface area contributed by atoms with Crippen molar-refractivity contribution in [3.63, 3.8) is 0 Å². The van der Waals surface area contributed by atoms with Gasteiger partial charge in [-0.3, -0.25) is 9.48 Å². The maximum Gasteiger partial charge on any atom is 0.258 e. The number of carbonyl (C=O) groups excluding carboxylic acids is 1. The second-order valence-electron chi connectivity index (χ2n) is 3.80. The van der Waals surface area contributed by atoms with Gasteiger partial charge in [-0.05, 0) is 18.2 Å². The Morgan fingerprint density at radius 2 is 2.28 bits per heavy atom. The molecular weight excluding hydrogens is 237 g/mol. The molecule has 0 aliphatic rings. The molecule has 18 heavy (non-hydrogen) atoms. The Morgan fingerprint density at radius 3 is 2.89 bits per heavy atom. The van der Waals surface area contributed by atoms with Crippen molar-refractivity contribution in [1.82, 2.24) is 15.1 Å². The summed E-state index contributed by atoms with van der Waals surface area (Å²) in [5, 5.41) is 16.0. The van der Waals surface area contributed by atoms with Gasteiger partial charge >= 0.3 is 0 Å². The summed E-state index contributed by atoms with van der Waals surface area (Å²) in [6, 6.07) is 5.45. The maximum atomic E-state index is 13.4. The molecule has 2 rings (SSSR count). The summed E-state index contributed by atoms with van der Waals surface area (Å²) in [6.07, 6.45) is 1.74. The molecule has 0 aliphatic heterocycles. The largest absolute Gasteiger partial charge is 0.507 e. The minimum atomic E-state index is -0.756. The third kappa shape index (κ3) is 2.48. The number of carbonyl (C=O) groups is 1. The number of nitrogens with one attached hydrogen (secondary N) is 1. The van der Waals surface area contributed by atoms with Gasteiger partial charge in [0.25, 0.3) is 5.91 Å². The fraction of sp³-hybridized carbons (Fsp3) is 0.167. The van der Waals surface area contributed by atoms with Crippen LogP contribution in [0.15, 0.2) is 30.5 Å². The fourth-order valence-corrected chi connectivity index (χ4v) is 1.55. The van der Waals surface area contributed by atoms with E-state index in [1.807, 2.05) is 0 Å². The van der Waals surface area contributed by atoms with Gasteiger partial charge in [0.2, 0.25) is 0 Å². The van der Waals surface area contributed by atoms with E-state index in [-0.39, 0.29) is 17.9 Å². The molecule has 0 bridgehead atoms. The fourth-order valence-electron chi connectivity index (χ4n) is 1.55. The molecule has 0 atom stereocenters. The van der Waals surface area contributed by atoms with Crippen LogP contribution < -0.4 is 5.32 Å². The minimum Gasteiger partial charge on any atom is -0.507 e. The molecule has 1 aromatic carbocycles. The van der Waals surface area contributed by atoms with E-state index >= 15 is 0 Å². The highest BCUT2D eigenvalue weighted by Crippen LogP contribution is 2.19. The van der Waals surface area contributed by atoms with Crippen molar-refractivity contribution in [2.75, 3.05) is 0 Å². The molecule has 1 heterocycles. The van der Waals surface area contributed by atoms with E-state index in [1.165, 1.54) is 12.1 Å². The van der Waals surface area contributed by atoms with Crippen LogP contribution in [0.1, 0.15) is 16.1 Å². The number of halogens is 1. The standard InChI is InChI=1S/C12H12FN3O2/c1-16-6-5-8(15-16)7-14-12(18)11-9(13)3-2-4-10(11)17/h2-6,17H,7H2,1H3,(H,14,18). The molecule has 94 valence electrons. The van der Waals surface area contributed by atoms with Gasteiger partial charge in [0, 0.05) is 13.2 Å². The normalized spacial score (nSPS) is 10.3. The van der Waals surface area contributed by atoms with Crippen LogP contribution in [-0.4, -0.2) is 20.8 Å². The average Bonchev–Trinajstić information content (AvgIpc) is 2.72. The van der Waals surface area contributed by atoms with Crippen molar-refractivity contribution in [2.24, 2.45) is 7.05 Å². The second kappa shape index (κ2) is 4.87. The molecule has 0 unspecified atom stereocenters. The number of rotatable bonds is 3. The van der Waals surface area contributed by atoms with Crippen LogP contribution in [0.2, 0.25) is 0 Å². The number of benzene rings is 1. The molecule has 1 aromatic heterocycles. The number of phenolic OH excluding ortho intramolecular Hbond substituents is 1. The van der Waals surface area contributed by atoms with Gasteiger partial charge in [-0.1, -0.05) is 6.07 Å². The zero-order chi connectivity index (χ0) is 13.1. The smallest absolute Gasteiger partial charge is 0.258 e. The number of aryl methyl sites for hydroxylation is 1. The van der Waals surface area contributed by atoms with Crippen molar-refractivity contribution >= 4 is 5.91 Å². The summed E-state index contributed by atoms with van der Waals surface area (Å²) in [5.74, 6) is -1.81. The van der Waals surface area contributed by atoms with Gasteiger partial charge in [-0.2, -0.15) is 5.10 Å². The summed E-state index contributed by atoms with van der Waals surface area (Å²) in [4.78, 5) is 11.7. The van der Waals surface area contributed by atoms with Gasteiger partial charge in [0.15, 0.2) is 0 Å². The molecule has 1 amide bonds. The molecule has 0 fully saturated rings. The van der Waals surface area contributed by atoms with Crippen LogP contribution in [0.3, 0.4) is 0 Å². The first-order chi connectivity index (χ1) is 8.58. The van der Waals surface area contributed by atoms with Crippen molar-refractivity contribution in [3.05, 3.63) is 47.5 Å². The third-order valence-electron chi connectivity index (χ3n) is 2.42. The lowest BCUT2D eigenvalue weighted by Gasteiger charge is -2.06. The topological polar surface area (TPSA) is 67.2 Å². The maximum absolute atomic E-state index is 13.4. The highest BCUT2D eigenvalue weighted by atomic mass is 19.1. The zero-order valence-corrected chi connectivity index (χ0v) is 9.72. The summed E-state index contributed by atoms with van der Waals surface area (Å²) >= 11 is 0. The SMILES string of the molecule is Cn1ccc(CNC(=O)c2c(O)cccc2F)n1. The van der Waals surface area contributed by atoms with Gasteiger partial charge < -0.3 is 10.4 Å². The summed E-state index contributed by atoms with van der Waals surface area (Å²) in [6.45, 7) is 0.174. The van der Waals surface area contributed by atoms with Gasteiger partial charge in [0.05, 0.1) is 12.2 Å². The molecule has 0 aliphatic carbocycles. The predicted molar refractivity (Wildman–Crippen MR) is 62.4 cm³/mol. The first-order valence-corrected chi connectivity index (χ1v) is 5.32. The van der Waals surface area contributed by atoms with E-state index in [1.54, 1.807) is 24.0 Å². The van der Waals surface area contributed by atoms with E-state index in [0.29, 0.717) is 5.69 Å². The molecule has 0 radical (unpaired) electrons. The van der Waals surface area contributed by atoms with Crippen LogP contribution in [-0.2, 0) is 13.6 Å². The number of aromatic hydroxyl groups is 1. The summed E-state index contributed by atoms with van der Waals surface area (Å²) in [7, 11) is 1.76. The Hall–Kier alpha value is -2.37. The Balaban J connectivity index is 2.08. The summed E-state index contributed by atoms with van der Waals surface area (Å²) < 4.78 is 15.0. The van der Waals surface area contributed by atoms with Crippen LogP contribution in [0, 0.1) is 5.82 Å². The Morgan fingerprint density at radius 1 is 1.50 bits per heavy atom. The van der Waals surface area contributed by atoms with Crippen molar-refractivity contribution in [2.45, 2.75) is 6.54 Å². The Bertz CT molecular complexity index is 560. The number of amides is 1. The predicted octanol–water partition coefficient (Wildman–Crippen LogP) is 1.19. The molecule has 0 saturated heterocycles. The van der Waals surface area contributed by atoms with E-state index in [0.717, 1.165) is 6.07 Å². The first-order valence-electron chi connectivity index (χ1n) is 5.32. The Kier molecular flexibility index (Phi) is 3.27. The lowest BCUT2D eigenvalue weighted by Crippen LogP contribution is -2.24. The van der Waals surface area contributed by atoms with Crippen LogP contribution in [0.5, 0.6) is 5.75 Å². The number of nitrogens with zero attached hydrogens (tertiary/aromatic N) is 2. The van der Waals surface area contributed by atoms with Crippen LogP contribution >= 0.6 is 0 Å². The van der Waals surface area contributed by atoms with Gasteiger partial charge in [-0.25, -0.2) is 4.39 Å². The minimum absolute atomic E-state index is 0.174. The van der Waals surface area contributed by atoms with E-state index < -0.39 is 11.7 Å². The highest BCUT2D eigenvalue weighted by Gasteiger charge is 2.16. The van der Waals surface area contributed by atoms with E-state index in [4.69, 9.17) is 0 Å². The molecule has 2 N–H and O–H groups in total. The summed E-state index contributed by atoms with van der Waals surface area (Å²) in [5.41, 5.74) is 0.301.